The summed E-state index contributed by atoms with van der Waals surface area (Å²) >= 11 is 5.93. The Labute approximate surface area is 147 Å². The molecule has 0 bridgehead atoms. The van der Waals surface area contributed by atoms with Crippen molar-refractivity contribution in [1.29, 1.82) is 0 Å². The Morgan fingerprint density at radius 3 is 2.56 bits per heavy atom. The summed E-state index contributed by atoms with van der Waals surface area (Å²) in [6, 6.07) is 14.1. The minimum absolute atomic E-state index is 0.195. The van der Waals surface area contributed by atoms with Gasteiger partial charge >= 0.3 is 5.97 Å². The van der Waals surface area contributed by atoms with E-state index in [-0.39, 0.29) is 5.56 Å². The molecule has 2 aromatic carbocycles. The van der Waals surface area contributed by atoms with Crippen LogP contribution in [0.25, 0.3) is 21.7 Å². The number of carboxylic acid groups (broad SMARTS) is 1. The number of rotatable bonds is 3. The summed E-state index contributed by atoms with van der Waals surface area (Å²) in [5, 5.41) is 15.8. The molecule has 0 fully saturated rings. The molecule has 4 rings (SSSR count). The van der Waals surface area contributed by atoms with Crippen LogP contribution in [0, 0.1) is 0 Å². The van der Waals surface area contributed by atoms with E-state index < -0.39 is 5.97 Å². The number of nitrogens with zero attached hydrogens (tertiary/aromatic N) is 2. The van der Waals surface area contributed by atoms with E-state index in [0.717, 1.165) is 21.8 Å². The molecule has 122 valence electrons. The van der Waals surface area contributed by atoms with Crippen molar-refractivity contribution in [1.82, 2.24) is 9.97 Å². The second-order valence-corrected chi connectivity index (χ2v) is 5.99. The van der Waals surface area contributed by atoms with Crippen molar-refractivity contribution in [2.45, 2.75) is 0 Å². The lowest BCUT2D eigenvalue weighted by Crippen LogP contribution is -1.99. The highest BCUT2D eigenvalue weighted by Crippen LogP contribution is 2.31. The summed E-state index contributed by atoms with van der Waals surface area (Å²) in [7, 11) is 0. The number of anilines is 2. The Kier molecular flexibility index (Phi) is 3.71. The predicted molar refractivity (Wildman–Crippen MR) is 98.7 cm³/mol. The quantitative estimate of drug-likeness (QED) is 0.516. The molecule has 25 heavy (non-hydrogen) atoms. The number of aromatic nitrogens is 2. The highest BCUT2D eigenvalue weighted by atomic mass is 35.5. The van der Waals surface area contributed by atoms with Gasteiger partial charge in [0.05, 0.1) is 11.1 Å². The molecule has 0 aliphatic rings. The van der Waals surface area contributed by atoms with Crippen molar-refractivity contribution >= 4 is 50.8 Å². The third kappa shape index (κ3) is 2.86. The van der Waals surface area contributed by atoms with Crippen molar-refractivity contribution in [3.05, 3.63) is 71.5 Å². The second-order valence-electron chi connectivity index (χ2n) is 5.55. The molecule has 2 aromatic heterocycles. The topological polar surface area (TPSA) is 75.1 Å². The second kappa shape index (κ2) is 6.03. The lowest BCUT2D eigenvalue weighted by atomic mass is 10.1. The van der Waals surface area contributed by atoms with Crippen molar-refractivity contribution in [2.24, 2.45) is 0 Å². The lowest BCUT2D eigenvalue weighted by Gasteiger charge is -2.12. The number of carboxylic acids is 1. The van der Waals surface area contributed by atoms with Gasteiger partial charge in [-0.3, -0.25) is 4.98 Å². The molecule has 0 aliphatic heterocycles. The molecule has 0 aliphatic carbocycles. The summed E-state index contributed by atoms with van der Waals surface area (Å²) in [4.78, 5) is 20.1. The average Bonchev–Trinajstić information content (AvgIpc) is 2.63. The van der Waals surface area contributed by atoms with Gasteiger partial charge in [0.2, 0.25) is 0 Å². The first-order valence-corrected chi connectivity index (χ1v) is 7.93. The molecule has 0 atom stereocenters. The van der Waals surface area contributed by atoms with Gasteiger partial charge in [0.1, 0.15) is 5.82 Å². The normalized spacial score (nSPS) is 10.9. The Balaban J connectivity index is 1.94. The van der Waals surface area contributed by atoms with Crippen molar-refractivity contribution in [2.75, 3.05) is 5.32 Å². The fraction of sp³-hybridized carbons (Fsp3) is 0. The van der Waals surface area contributed by atoms with Crippen molar-refractivity contribution in [3.63, 3.8) is 0 Å². The van der Waals surface area contributed by atoms with E-state index >= 15 is 0 Å². The standard InChI is InChI=1S/C19H12ClN3O2/c20-12-2-4-13(5-3-12)22-18-15-7-8-21-10-16(15)14-6-1-11(19(24)25)9-17(14)23-18/h1-10H,(H,22,23)(H,24,25). The van der Waals surface area contributed by atoms with Gasteiger partial charge in [-0.1, -0.05) is 17.7 Å². The molecule has 5 nitrogen and oxygen atoms in total. The molecular formula is C19H12ClN3O2. The van der Waals surface area contributed by atoms with E-state index in [1.54, 1.807) is 42.7 Å². The van der Waals surface area contributed by atoms with Gasteiger partial charge in [0.15, 0.2) is 0 Å². The first-order chi connectivity index (χ1) is 12.1. The maximum atomic E-state index is 11.2. The SMILES string of the molecule is O=C(O)c1ccc2c(c1)nc(Nc1ccc(Cl)cc1)c1ccncc12. The molecule has 2 N–H and O–H groups in total. The number of hydrogen-bond acceptors (Lipinski definition) is 4. The van der Waals surface area contributed by atoms with Gasteiger partial charge in [0.25, 0.3) is 0 Å². The number of aromatic carboxylic acids is 1. The van der Waals surface area contributed by atoms with Gasteiger partial charge in [-0.05, 0) is 42.5 Å². The largest absolute Gasteiger partial charge is 0.478 e. The molecule has 0 amide bonds. The minimum atomic E-state index is -0.984. The lowest BCUT2D eigenvalue weighted by molar-refractivity contribution is 0.0697. The van der Waals surface area contributed by atoms with Gasteiger partial charge in [-0.15, -0.1) is 0 Å². The molecule has 2 heterocycles. The van der Waals surface area contributed by atoms with Crippen LogP contribution in [0.4, 0.5) is 11.5 Å². The number of halogens is 1. The zero-order chi connectivity index (χ0) is 17.4. The van der Waals surface area contributed by atoms with Gasteiger partial charge < -0.3 is 10.4 Å². The summed E-state index contributed by atoms with van der Waals surface area (Å²) in [6.45, 7) is 0. The Morgan fingerprint density at radius 1 is 1.00 bits per heavy atom. The van der Waals surface area contributed by atoms with Gasteiger partial charge in [-0.25, -0.2) is 9.78 Å². The van der Waals surface area contributed by atoms with E-state index in [4.69, 9.17) is 11.6 Å². The van der Waals surface area contributed by atoms with Crippen molar-refractivity contribution < 1.29 is 9.90 Å². The maximum Gasteiger partial charge on any atom is 0.335 e. The number of carbonyl (C=O) groups is 1. The zero-order valence-electron chi connectivity index (χ0n) is 12.9. The number of fused-ring (bicyclic) bond motifs is 3. The smallest absolute Gasteiger partial charge is 0.335 e. The molecule has 4 aromatic rings. The summed E-state index contributed by atoms with van der Waals surface area (Å²) < 4.78 is 0. The van der Waals surface area contributed by atoms with Crippen LogP contribution in [-0.4, -0.2) is 21.0 Å². The third-order valence-electron chi connectivity index (χ3n) is 3.95. The van der Waals surface area contributed by atoms with Gasteiger partial charge in [0, 0.05) is 39.3 Å². The number of hydrogen-bond donors (Lipinski definition) is 2. The number of pyridine rings is 2. The van der Waals surface area contributed by atoms with Crippen LogP contribution in [0.5, 0.6) is 0 Å². The first kappa shape index (κ1) is 15.4. The number of nitrogens with one attached hydrogen (secondary N) is 1. The molecule has 0 unspecified atom stereocenters. The van der Waals surface area contributed by atoms with E-state index in [1.165, 1.54) is 0 Å². The van der Waals surface area contributed by atoms with Crippen LogP contribution in [0.3, 0.4) is 0 Å². The fourth-order valence-corrected chi connectivity index (χ4v) is 2.87. The molecule has 0 saturated heterocycles. The van der Waals surface area contributed by atoms with Crippen molar-refractivity contribution in [3.8, 4) is 0 Å². The van der Waals surface area contributed by atoms with Crippen LogP contribution >= 0.6 is 11.6 Å². The Morgan fingerprint density at radius 2 is 1.80 bits per heavy atom. The Hall–Kier alpha value is -3.18. The van der Waals surface area contributed by atoms with E-state index in [0.29, 0.717) is 16.4 Å². The minimum Gasteiger partial charge on any atom is -0.478 e. The number of benzene rings is 2. The monoisotopic (exact) mass is 349 g/mol. The average molecular weight is 350 g/mol. The van der Waals surface area contributed by atoms with Crippen LogP contribution in [0.15, 0.2) is 60.9 Å². The molecule has 0 spiro atoms. The highest BCUT2D eigenvalue weighted by molar-refractivity contribution is 6.30. The van der Waals surface area contributed by atoms with Crippen LogP contribution in [-0.2, 0) is 0 Å². The summed E-state index contributed by atoms with van der Waals surface area (Å²) in [5.74, 6) is -0.350. The maximum absolute atomic E-state index is 11.2. The zero-order valence-corrected chi connectivity index (χ0v) is 13.7. The highest BCUT2D eigenvalue weighted by Gasteiger charge is 2.11. The predicted octanol–water partition coefficient (Wildman–Crippen LogP) is 4.88. The van der Waals surface area contributed by atoms with Gasteiger partial charge in [-0.2, -0.15) is 0 Å². The van der Waals surface area contributed by atoms with E-state index in [2.05, 4.69) is 15.3 Å². The Bertz CT molecular complexity index is 1110. The fourth-order valence-electron chi connectivity index (χ4n) is 2.75. The van der Waals surface area contributed by atoms with Crippen LogP contribution < -0.4 is 5.32 Å². The van der Waals surface area contributed by atoms with Crippen LogP contribution in [0.1, 0.15) is 10.4 Å². The molecule has 0 saturated carbocycles. The molecule has 0 radical (unpaired) electrons. The molecular weight excluding hydrogens is 338 g/mol. The summed E-state index contributed by atoms with van der Waals surface area (Å²) in [6.07, 6.45) is 3.46. The van der Waals surface area contributed by atoms with Crippen LogP contribution in [0.2, 0.25) is 5.02 Å². The first-order valence-electron chi connectivity index (χ1n) is 7.55. The van der Waals surface area contributed by atoms with E-state index in [1.807, 2.05) is 18.2 Å². The molecule has 6 heteroatoms. The third-order valence-corrected chi connectivity index (χ3v) is 4.20. The summed E-state index contributed by atoms with van der Waals surface area (Å²) in [5.41, 5.74) is 1.63. The van der Waals surface area contributed by atoms with E-state index in [9.17, 15) is 9.90 Å².